The molecule has 2 heterocycles. The zero-order chi connectivity index (χ0) is 22.0. The van der Waals surface area contributed by atoms with E-state index in [1.54, 1.807) is 48.7 Å². The Morgan fingerprint density at radius 3 is 2.68 bits per heavy atom. The number of nitrogens with one attached hydrogen (secondary N) is 1. The van der Waals surface area contributed by atoms with E-state index in [9.17, 15) is 9.59 Å². The van der Waals surface area contributed by atoms with Crippen LogP contribution in [0.3, 0.4) is 0 Å². The van der Waals surface area contributed by atoms with E-state index >= 15 is 0 Å². The van der Waals surface area contributed by atoms with Crippen molar-refractivity contribution >= 4 is 45.9 Å². The molecule has 1 amide bonds. The van der Waals surface area contributed by atoms with Crippen LogP contribution in [0.5, 0.6) is 0 Å². The zero-order valence-corrected chi connectivity index (χ0v) is 18.5. The van der Waals surface area contributed by atoms with Crippen molar-refractivity contribution in [3.05, 3.63) is 87.3 Å². The third-order valence-corrected chi connectivity index (χ3v) is 6.09. The lowest BCUT2D eigenvalue weighted by atomic mass is 10.2. The van der Waals surface area contributed by atoms with E-state index in [2.05, 4.69) is 15.3 Å². The van der Waals surface area contributed by atoms with Gasteiger partial charge in [-0.15, -0.1) is 0 Å². The second-order valence-electron chi connectivity index (χ2n) is 7.00. The van der Waals surface area contributed by atoms with Gasteiger partial charge in [0.05, 0.1) is 16.7 Å². The topological polar surface area (TPSA) is 76.9 Å². The fourth-order valence-electron chi connectivity index (χ4n) is 3.06. The average molecular weight is 451 g/mol. The number of nitrogens with zero attached hydrogens (tertiary/aromatic N) is 3. The molecule has 0 aliphatic heterocycles. The molecule has 4 rings (SSSR count). The number of thioether (sulfide) groups is 1. The number of carbonyl (C=O) groups excluding carboxylic acids is 1. The first-order valence-corrected chi connectivity index (χ1v) is 10.9. The summed E-state index contributed by atoms with van der Waals surface area (Å²) >= 11 is 7.31. The Balaban J connectivity index is 1.67. The fourth-order valence-corrected chi connectivity index (χ4v) is 4.04. The van der Waals surface area contributed by atoms with Gasteiger partial charge in [0.1, 0.15) is 5.82 Å². The number of hydrogen-bond donors (Lipinski definition) is 1. The summed E-state index contributed by atoms with van der Waals surface area (Å²) in [5.74, 6) is 0.311. The Bertz CT molecular complexity index is 1340. The molecular formula is C23H19ClN4O2S. The monoisotopic (exact) mass is 450 g/mol. The highest BCUT2D eigenvalue weighted by Crippen LogP contribution is 2.24. The number of hydrogen-bond acceptors (Lipinski definition) is 5. The average Bonchev–Trinajstić information content (AvgIpc) is 2.76. The van der Waals surface area contributed by atoms with Gasteiger partial charge in [-0.25, -0.2) is 14.5 Å². The van der Waals surface area contributed by atoms with Gasteiger partial charge in [-0.2, -0.15) is 0 Å². The summed E-state index contributed by atoms with van der Waals surface area (Å²) in [6.07, 6.45) is 1.69. The van der Waals surface area contributed by atoms with Crippen LogP contribution in [0.2, 0.25) is 5.02 Å². The molecule has 0 fully saturated rings. The summed E-state index contributed by atoms with van der Waals surface area (Å²) in [4.78, 5) is 34.8. The molecule has 31 heavy (non-hydrogen) atoms. The Morgan fingerprint density at radius 2 is 1.90 bits per heavy atom. The summed E-state index contributed by atoms with van der Waals surface area (Å²) < 4.78 is 1.45. The number of para-hydroxylation sites is 1. The number of benzene rings is 2. The summed E-state index contributed by atoms with van der Waals surface area (Å²) in [6.45, 7) is 3.77. The summed E-state index contributed by atoms with van der Waals surface area (Å²) in [7, 11) is 0. The molecule has 0 aliphatic carbocycles. The number of fused-ring (bicyclic) bond motifs is 1. The highest BCUT2D eigenvalue weighted by Gasteiger charge is 2.16. The molecule has 0 spiro atoms. The van der Waals surface area contributed by atoms with Gasteiger partial charge in [-0.3, -0.25) is 9.59 Å². The quantitative estimate of drug-likeness (QED) is 0.349. The van der Waals surface area contributed by atoms with Crippen molar-refractivity contribution in [3.8, 4) is 5.82 Å². The molecule has 0 bridgehead atoms. The summed E-state index contributed by atoms with van der Waals surface area (Å²) in [6, 6.07) is 16.1. The van der Waals surface area contributed by atoms with Crippen molar-refractivity contribution < 1.29 is 4.79 Å². The summed E-state index contributed by atoms with van der Waals surface area (Å²) in [5.41, 5.74) is 2.78. The molecule has 0 unspecified atom stereocenters. The number of amides is 1. The van der Waals surface area contributed by atoms with E-state index in [1.807, 2.05) is 26.0 Å². The predicted molar refractivity (Wildman–Crippen MR) is 125 cm³/mol. The number of carbonyl (C=O) groups is 1. The lowest BCUT2D eigenvalue weighted by molar-refractivity contribution is -0.113. The Morgan fingerprint density at radius 1 is 1.10 bits per heavy atom. The van der Waals surface area contributed by atoms with Crippen LogP contribution in [0.4, 0.5) is 5.69 Å². The number of anilines is 1. The van der Waals surface area contributed by atoms with Crippen LogP contribution < -0.4 is 10.9 Å². The first-order chi connectivity index (χ1) is 14.9. The van der Waals surface area contributed by atoms with Crippen LogP contribution in [0.15, 0.2) is 70.7 Å². The van der Waals surface area contributed by atoms with Crippen LogP contribution in [0, 0.1) is 13.8 Å². The molecule has 6 nitrogen and oxygen atoms in total. The van der Waals surface area contributed by atoms with Crippen molar-refractivity contribution in [1.82, 2.24) is 14.5 Å². The van der Waals surface area contributed by atoms with Gasteiger partial charge in [0.15, 0.2) is 5.16 Å². The predicted octanol–water partition coefficient (Wildman–Crippen LogP) is 4.78. The molecule has 4 aromatic rings. The van der Waals surface area contributed by atoms with Gasteiger partial charge in [0.2, 0.25) is 5.91 Å². The normalized spacial score (nSPS) is 10.9. The Hall–Kier alpha value is -3.16. The second-order valence-corrected chi connectivity index (χ2v) is 8.34. The van der Waals surface area contributed by atoms with Crippen LogP contribution in [-0.2, 0) is 4.79 Å². The van der Waals surface area contributed by atoms with Crippen LogP contribution in [0.1, 0.15) is 11.1 Å². The first-order valence-electron chi connectivity index (χ1n) is 9.56. The maximum absolute atomic E-state index is 13.2. The minimum atomic E-state index is -0.226. The highest BCUT2D eigenvalue weighted by molar-refractivity contribution is 7.99. The van der Waals surface area contributed by atoms with E-state index in [0.29, 0.717) is 32.6 Å². The molecule has 1 N–H and O–H groups in total. The van der Waals surface area contributed by atoms with Gasteiger partial charge >= 0.3 is 0 Å². The first kappa shape index (κ1) is 21.1. The molecule has 2 aromatic heterocycles. The molecule has 8 heteroatoms. The third kappa shape index (κ3) is 4.47. The fraction of sp³-hybridized carbons (Fsp3) is 0.130. The van der Waals surface area contributed by atoms with Crippen LogP contribution >= 0.6 is 23.4 Å². The lowest BCUT2D eigenvalue weighted by Crippen LogP contribution is -2.23. The highest BCUT2D eigenvalue weighted by atomic mass is 35.5. The zero-order valence-electron chi connectivity index (χ0n) is 16.9. The van der Waals surface area contributed by atoms with E-state index < -0.39 is 0 Å². The van der Waals surface area contributed by atoms with E-state index in [4.69, 9.17) is 11.6 Å². The Kier molecular flexibility index (Phi) is 6.06. The molecule has 156 valence electrons. The smallest absolute Gasteiger partial charge is 0.267 e. The maximum atomic E-state index is 13.2. The molecule has 0 saturated carbocycles. The molecule has 0 atom stereocenters. The van der Waals surface area contributed by atoms with Crippen molar-refractivity contribution in [1.29, 1.82) is 0 Å². The van der Waals surface area contributed by atoms with Gasteiger partial charge in [0.25, 0.3) is 5.56 Å². The third-order valence-electron chi connectivity index (χ3n) is 4.74. The van der Waals surface area contributed by atoms with Crippen LogP contribution in [0.25, 0.3) is 16.7 Å². The number of aryl methyl sites for hydroxylation is 1. The number of rotatable bonds is 5. The van der Waals surface area contributed by atoms with Gasteiger partial charge < -0.3 is 5.32 Å². The molecule has 2 aromatic carbocycles. The van der Waals surface area contributed by atoms with Gasteiger partial charge in [-0.1, -0.05) is 47.6 Å². The number of halogens is 1. The van der Waals surface area contributed by atoms with Gasteiger partial charge in [-0.05, 0) is 55.3 Å². The lowest BCUT2D eigenvalue weighted by Gasteiger charge is -2.13. The largest absolute Gasteiger partial charge is 0.325 e. The number of aromatic nitrogens is 3. The van der Waals surface area contributed by atoms with Crippen LogP contribution in [-0.4, -0.2) is 26.2 Å². The van der Waals surface area contributed by atoms with E-state index in [1.165, 1.54) is 16.3 Å². The molecule has 0 saturated heterocycles. The number of pyridine rings is 1. The van der Waals surface area contributed by atoms with Gasteiger partial charge in [0, 0.05) is 16.9 Å². The van der Waals surface area contributed by atoms with Crippen molar-refractivity contribution in [2.24, 2.45) is 0 Å². The molecular weight excluding hydrogens is 432 g/mol. The minimum Gasteiger partial charge on any atom is -0.325 e. The van der Waals surface area contributed by atoms with Crippen molar-refractivity contribution in [2.45, 2.75) is 19.0 Å². The maximum Gasteiger partial charge on any atom is 0.267 e. The minimum absolute atomic E-state index is 0.0720. The van der Waals surface area contributed by atoms with E-state index in [-0.39, 0.29) is 17.2 Å². The van der Waals surface area contributed by atoms with E-state index in [0.717, 1.165) is 11.1 Å². The standard InChI is InChI=1S/C23H19ClN4O2S/c1-14-10-11-20(25-12-14)28-22(30)16-6-3-4-8-19(16)27-23(28)31-13-21(29)26-18-9-5-7-17(24)15(18)2/h3-12H,13H2,1-2H3,(H,26,29). The second kappa shape index (κ2) is 8.91. The van der Waals surface area contributed by atoms with Crippen molar-refractivity contribution in [3.63, 3.8) is 0 Å². The van der Waals surface area contributed by atoms with Crippen molar-refractivity contribution in [2.75, 3.05) is 11.1 Å². The summed E-state index contributed by atoms with van der Waals surface area (Å²) in [5, 5.41) is 4.34. The molecule has 0 radical (unpaired) electrons. The Labute approximate surface area is 188 Å². The molecule has 0 aliphatic rings. The SMILES string of the molecule is Cc1ccc(-n2c(SCC(=O)Nc3cccc(Cl)c3C)nc3ccccc3c2=O)nc1.